The maximum absolute atomic E-state index is 5.23. The Morgan fingerprint density at radius 1 is 1.09 bits per heavy atom. The van der Waals surface area contributed by atoms with Gasteiger partial charge in [-0.15, -0.1) is 0 Å². The average molecular weight is 170 g/mol. The first-order valence-corrected chi connectivity index (χ1v) is 5.23. The number of para-hydroxylation sites is 1. The van der Waals surface area contributed by atoms with Crippen molar-refractivity contribution in [2.24, 2.45) is 0 Å². The molecule has 0 radical (unpaired) electrons. The summed E-state index contributed by atoms with van der Waals surface area (Å²) in [5, 5.41) is 0. The molecular formula is C9H15OP. The lowest BCUT2D eigenvalue weighted by Crippen LogP contribution is -1.73. The summed E-state index contributed by atoms with van der Waals surface area (Å²) >= 11 is 0. The van der Waals surface area contributed by atoms with Crippen LogP contribution in [0.1, 0.15) is 13.8 Å². The van der Waals surface area contributed by atoms with Crippen molar-refractivity contribution in [1.82, 2.24) is 0 Å². The van der Waals surface area contributed by atoms with E-state index in [1.165, 1.54) is 0 Å². The molecule has 0 amide bonds. The fourth-order valence-corrected chi connectivity index (χ4v) is 0.978. The zero-order chi connectivity index (χ0) is 8.53. The number of rotatable bonds is 2. The van der Waals surface area contributed by atoms with Gasteiger partial charge in [-0.1, -0.05) is 32.0 Å². The highest BCUT2D eigenvalue weighted by atomic mass is 31.1. The zero-order valence-corrected chi connectivity index (χ0v) is 8.29. The number of hydrogen-bond donors (Lipinski definition) is 0. The molecular weight excluding hydrogens is 155 g/mol. The van der Waals surface area contributed by atoms with Gasteiger partial charge in [0.05, 0.1) is 8.81 Å². The van der Waals surface area contributed by atoms with E-state index in [1.807, 2.05) is 50.8 Å². The second-order valence-electron chi connectivity index (χ2n) is 1.62. The first-order valence-electron chi connectivity index (χ1n) is 3.82. The van der Waals surface area contributed by atoms with Gasteiger partial charge < -0.3 is 4.52 Å². The molecule has 1 unspecified atom stereocenters. The molecule has 0 aliphatic rings. The molecule has 1 rings (SSSR count). The Hall–Kier alpha value is -0.550. The van der Waals surface area contributed by atoms with E-state index in [1.54, 1.807) is 0 Å². The SMILES string of the molecule is CC.CPOc1ccccc1. The minimum Gasteiger partial charge on any atom is -0.477 e. The van der Waals surface area contributed by atoms with Crippen molar-refractivity contribution in [2.75, 3.05) is 6.66 Å². The van der Waals surface area contributed by atoms with Gasteiger partial charge in [0.1, 0.15) is 5.75 Å². The fourth-order valence-electron chi connectivity index (χ4n) is 0.606. The van der Waals surface area contributed by atoms with Crippen molar-refractivity contribution in [1.29, 1.82) is 0 Å². The molecule has 0 saturated carbocycles. The van der Waals surface area contributed by atoms with Crippen molar-refractivity contribution < 1.29 is 4.52 Å². The number of benzene rings is 1. The van der Waals surface area contributed by atoms with E-state index in [2.05, 4.69) is 0 Å². The second-order valence-corrected chi connectivity index (χ2v) is 2.23. The molecule has 0 heterocycles. The molecule has 1 nitrogen and oxygen atoms in total. The Bertz CT molecular complexity index is 162. The van der Waals surface area contributed by atoms with Crippen molar-refractivity contribution in [3.05, 3.63) is 30.3 Å². The summed E-state index contributed by atoms with van der Waals surface area (Å²) in [5.41, 5.74) is 0. The van der Waals surface area contributed by atoms with E-state index in [4.69, 9.17) is 4.52 Å². The van der Waals surface area contributed by atoms with Gasteiger partial charge in [-0.3, -0.25) is 0 Å². The second kappa shape index (κ2) is 7.56. The molecule has 0 fully saturated rings. The molecule has 62 valence electrons. The van der Waals surface area contributed by atoms with Crippen LogP contribution >= 0.6 is 8.81 Å². The average Bonchev–Trinajstić information content (AvgIpc) is 2.11. The lowest BCUT2D eigenvalue weighted by atomic mass is 10.3. The summed E-state index contributed by atoms with van der Waals surface area (Å²) in [5.74, 6) is 0.957. The van der Waals surface area contributed by atoms with Gasteiger partial charge in [0.25, 0.3) is 0 Å². The molecule has 0 saturated heterocycles. The monoisotopic (exact) mass is 170 g/mol. The van der Waals surface area contributed by atoms with Crippen LogP contribution < -0.4 is 4.52 Å². The summed E-state index contributed by atoms with van der Waals surface area (Å²) < 4.78 is 5.23. The summed E-state index contributed by atoms with van der Waals surface area (Å²) in [6.07, 6.45) is 0. The Labute approximate surface area is 70.6 Å². The van der Waals surface area contributed by atoms with Crippen LogP contribution in [0.4, 0.5) is 0 Å². The molecule has 1 aromatic carbocycles. The van der Waals surface area contributed by atoms with Gasteiger partial charge >= 0.3 is 0 Å². The Morgan fingerprint density at radius 3 is 2.09 bits per heavy atom. The van der Waals surface area contributed by atoms with Crippen LogP contribution in [0.15, 0.2) is 30.3 Å². The zero-order valence-electron chi connectivity index (χ0n) is 7.29. The van der Waals surface area contributed by atoms with E-state index in [0.717, 1.165) is 5.75 Å². The first-order chi connectivity index (χ1) is 5.43. The third-order valence-corrected chi connectivity index (χ3v) is 1.40. The van der Waals surface area contributed by atoms with E-state index in [0.29, 0.717) is 8.81 Å². The third kappa shape index (κ3) is 4.80. The summed E-state index contributed by atoms with van der Waals surface area (Å²) in [4.78, 5) is 0. The standard InChI is InChI=1S/C7H9OP.C2H6/c1-9-8-7-5-3-2-4-6-7;1-2/h2-6,9H,1H3;1-2H3. The van der Waals surface area contributed by atoms with E-state index >= 15 is 0 Å². The first kappa shape index (κ1) is 10.4. The van der Waals surface area contributed by atoms with Crippen molar-refractivity contribution in [3.8, 4) is 5.75 Å². The quantitative estimate of drug-likeness (QED) is 0.618. The maximum atomic E-state index is 5.23. The van der Waals surface area contributed by atoms with Crippen LogP contribution in [0.2, 0.25) is 0 Å². The largest absolute Gasteiger partial charge is 0.477 e. The maximum Gasteiger partial charge on any atom is 0.122 e. The van der Waals surface area contributed by atoms with Crippen molar-refractivity contribution in [2.45, 2.75) is 13.8 Å². The van der Waals surface area contributed by atoms with Crippen molar-refractivity contribution in [3.63, 3.8) is 0 Å². The Morgan fingerprint density at radius 2 is 1.64 bits per heavy atom. The van der Waals surface area contributed by atoms with E-state index in [-0.39, 0.29) is 0 Å². The van der Waals surface area contributed by atoms with Gasteiger partial charge in [-0.05, 0) is 18.8 Å². The molecule has 1 atom stereocenters. The highest BCUT2D eigenvalue weighted by molar-refractivity contribution is 7.31. The van der Waals surface area contributed by atoms with Gasteiger partial charge in [-0.25, -0.2) is 0 Å². The molecule has 0 aliphatic heterocycles. The van der Waals surface area contributed by atoms with E-state index in [9.17, 15) is 0 Å². The minimum atomic E-state index is 0.535. The van der Waals surface area contributed by atoms with Gasteiger partial charge in [0.15, 0.2) is 0 Å². The number of hydrogen-bond acceptors (Lipinski definition) is 1. The molecule has 0 bridgehead atoms. The van der Waals surface area contributed by atoms with E-state index < -0.39 is 0 Å². The van der Waals surface area contributed by atoms with Crippen LogP contribution in [-0.2, 0) is 0 Å². The lowest BCUT2D eigenvalue weighted by molar-refractivity contribution is 0.635. The minimum absolute atomic E-state index is 0.535. The molecule has 0 N–H and O–H groups in total. The topological polar surface area (TPSA) is 9.23 Å². The highest BCUT2D eigenvalue weighted by Crippen LogP contribution is 2.15. The summed E-state index contributed by atoms with van der Waals surface area (Å²) in [6, 6.07) is 9.82. The van der Waals surface area contributed by atoms with Crippen LogP contribution in [0, 0.1) is 0 Å². The fraction of sp³-hybridized carbons (Fsp3) is 0.333. The Balaban J connectivity index is 0.000000461. The van der Waals surface area contributed by atoms with Crippen LogP contribution in [-0.4, -0.2) is 6.66 Å². The molecule has 0 aromatic heterocycles. The van der Waals surface area contributed by atoms with Crippen LogP contribution in [0.25, 0.3) is 0 Å². The lowest BCUT2D eigenvalue weighted by Gasteiger charge is -1.98. The molecule has 11 heavy (non-hydrogen) atoms. The van der Waals surface area contributed by atoms with Gasteiger partial charge in [0.2, 0.25) is 0 Å². The van der Waals surface area contributed by atoms with Gasteiger partial charge in [-0.2, -0.15) is 0 Å². The van der Waals surface area contributed by atoms with Gasteiger partial charge in [0, 0.05) is 0 Å². The van der Waals surface area contributed by atoms with Crippen LogP contribution in [0.5, 0.6) is 5.75 Å². The van der Waals surface area contributed by atoms with Crippen molar-refractivity contribution >= 4 is 8.81 Å². The Kier molecular flexibility index (Phi) is 7.18. The molecule has 2 heteroatoms. The molecule has 0 spiro atoms. The van der Waals surface area contributed by atoms with Crippen LogP contribution in [0.3, 0.4) is 0 Å². The normalized spacial score (nSPS) is 9.00. The molecule has 1 aromatic rings. The highest BCUT2D eigenvalue weighted by Gasteiger charge is 1.84. The summed E-state index contributed by atoms with van der Waals surface area (Å²) in [7, 11) is 0.535. The third-order valence-electron chi connectivity index (χ3n) is 0.963. The molecule has 0 aliphatic carbocycles. The predicted octanol–water partition coefficient (Wildman–Crippen LogP) is 3.31. The smallest absolute Gasteiger partial charge is 0.122 e. The summed E-state index contributed by atoms with van der Waals surface area (Å²) in [6.45, 7) is 6.01. The predicted molar refractivity (Wildman–Crippen MR) is 52.7 cm³/mol.